The summed E-state index contributed by atoms with van der Waals surface area (Å²) in [5, 5.41) is 4.01. The second-order valence-corrected chi connectivity index (χ2v) is 7.49. The molecule has 0 unspecified atom stereocenters. The quantitative estimate of drug-likeness (QED) is 0.678. The molecule has 1 aromatic heterocycles. The number of piperazine rings is 1. The Morgan fingerprint density at radius 1 is 0.968 bits per heavy atom. The van der Waals surface area contributed by atoms with Crippen LogP contribution in [0.1, 0.15) is 15.9 Å². The second kappa shape index (κ2) is 8.67. The minimum atomic E-state index is 0.0619. The van der Waals surface area contributed by atoms with Gasteiger partial charge < -0.3 is 24.6 Å². The third-order valence-corrected chi connectivity index (χ3v) is 5.57. The van der Waals surface area contributed by atoms with Gasteiger partial charge in [0.25, 0.3) is 5.91 Å². The molecule has 0 radical (unpaired) electrons. The highest BCUT2D eigenvalue weighted by molar-refractivity contribution is 5.94. The maximum Gasteiger partial charge on any atom is 0.253 e. The molecule has 1 amide bonds. The van der Waals surface area contributed by atoms with Crippen molar-refractivity contribution in [3.05, 3.63) is 47.5 Å². The van der Waals surface area contributed by atoms with Gasteiger partial charge in [-0.3, -0.25) is 4.79 Å². The van der Waals surface area contributed by atoms with Crippen LogP contribution in [-0.4, -0.2) is 68.2 Å². The lowest BCUT2D eigenvalue weighted by Crippen LogP contribution is -2.49. The summed E-state index contributed by atoms with van der Waals surface area (Å²) in [5.41, 5.74) is 2.63. The average Bonchev–Trinajstić information content (AvgIpc) is 2.82. The van der Waals surface area contributed by atoms with Gasteiger partial charge in [-0.25, -0.2) is 4.98 Å². The molecule has 3 aromatic rings. The Kier molecular flexibility index (Phi) is 5.79. The summed E-state index contributed by atoms with van der Waals surface area (Å²) in [6, 6.07) is 11.4. The molecule has 0 atom stereocenters. The first-order valence-electron chi connectivity index (χ1n) is 10.3. The van der Waals surface area contributed by atoms with Gasteiger partial charge in [0.2, 0.25) is 5.95 Å². The third kappa shape index (κ3) is 4.05. The van der Waals surface area contributed by atoms with Crippen LogP contribution >= 0.6 is 0 Å². The lowest BCUT2D eigenvalue weighted by atomic mass is 10.1. The number of nitrogens with zero attached hydrogens (tertiary/aromatic N) is 4. The number of nitrogens with one attached hydrogen (secondary N) is 1. The smallest absolute Gasteiger partial charge is 0.253 e. The van der Waals surface area contributed by atoms with E-state index >= 15 is 0 Å². The highest BCUT2D eigenvalue weighted by Gasteiger charge is 2.24. The van der Waals surface area contributed by atoms with E-state index in [0.717, 1.165) is 27.8 Å². The van der Waals surface area contributed by atoms with E-state index in [-0.39, 0.29) is 5.91 Å². The van der Waals surface area contributed by atoms with E-state index in [1.807, 2.05) is 55.3 Å². The minimum Gasteiger partial charge on any atom is -0.493 e. The number of aromatic nitrogens is 2. The fraction of sp³-hybridized carbons (Fsp3) is 0.348. The van der Waals surface area contributed by atoms with Crippen molar-refractivity contribution >= 4 is 28.6 Å². The molecule has 2 heterocycles. The maximum atomic E-state index is 12.8. The van der Waals surface area contributed by atoms with Crippen LogP contribution in [0.5, 0.6) is 11.5 Å². The first-order chi connectivity index (χ1) is 15.0. The van der Waals surface area contributed by atoms with Crippen LogP contribution in [0.2, 0.25) is 0 Å². The summed E-state index contributed by atoms with van der Waals surface area (Å²) in [4.78, 5) is 26.3. The molecule has 8 heteroatoms. The highest BCUT2D eigenvalue weighted by atomic mass is 16.5. The number of hydrogen-bond acceptors (Lipinski definition) is 7. The zero-order chi connectivity index (χ0) is 22.0. The van der Waals surface area contributed by atoms with E-state index in [4.69, 9.17) is 19.4 Å². The number of carbonyl (C=O) groups excluding carboxylic acids is 1. The van der Waals surface area contributed by atoms with Crippen LogP contribution < -0.4 is 19.7 Å². The van der Waals surface area contributed by atoms with Crippen LogP contribution in [0.3, 0.4) is 0 Å². The Hall–Kier alpha value is -3.55. The van der Waals surface area contributed by atoms with Crippen molar-refractivity contribution in [3.8, 4) is 11.5 Å². The molecule has 4 rings (SSSR count). The first-order valence-corrected chi connectivity index (χ1v) is 10.3. The molecule has 8 nitrogen and oxygen atoms in total. The number of anilines is 2. The zero-order valence-electron chi connectivity index (χ0n) is 18.3. The topological polar surface area (TPSA) is 79.8 Å². The van der Waals surface area contributed by atoms with Gasteiger partial charge >= 0.3 is 0 Å². The molecule has 0 spiro atoms. The van der Waals surface area contributed by atoms with Gasteiger partial charge in [0.05, 0.1) is 19.7 Å². The number of fused-ring (bicyclic) bond motifs is 1. The van der Waals surface area contributed by atoms with E-state index in [0.29, 0.717) is 43.6 Å². The maximum absolute atomic E-state index is 12.8. The Morgan fingerprint density at radius 2 is 1.61 bits per heavy atom. The van der Waals surface area contributed by atoms with E-state index in [1.165, 1.54) is 0 Å². The average molecular weight is 422 g/mol. The first kappa shape index (κ1) is 20.7. The lowest BCUT2D eigenvalue weighted by molar-refractivity contribution is 0.0746. The molecule has 162 valence electrons. The molecule has 0 saturated carbocycles. The molecule has 1 fully saturated rings. The number of ether oxygens (including phenoxy) is 2. The van der Waals surface area contributed by atoms with Crippen molar-refractivity contribution < 1.29 is 14.3 Å². The van der Waals surface area contributed by atoms with Gasteiger partial charge in [-0.05, 0) is 25.1 Å². The second-order valence-electron chi connectivity index (χ2n) is 7.49. The van der Waals surface area contributed by atoms with Crippen LogP contribution in [0.4, 0.5) is 11.8 Å². The predicted octanol–water partition coefficient (Wildman–Crippen LogP) is 2.96. The van der Waals surface area contributed by atoms with Crippen molar-refractivity contribution in [1.29, 1.82) is 0 Å². The Morgan fingerprint density at radius 3 is 2.23 bits per heavy atom. The van der Waals surface area contributed by atoms with Crippen molar-refractivity contribution in [2.45, 2.75) is 6.92 Å². The third-order valence-electron chi connectivity index (χ3n) is 5.57. The molecular weight excluding hydrogens is 394 g/mol. The molecule has 0 bridgehead atoms. The monoisotopic (exact) mass is 421 g/mol. The molecular formula is C23H27N5O3. The fourth-order valence-electron chi connectivity index (χ4n) is 3.76. The summed E-state index contributed by atoms with van der Waals surface area (Å²) in [5.74, 6) is 2.67. The largest absolute Gasteiger partial charge is 0.493 e. The SMILES string of the molecule is CNc1nc(N2CCN(C(=O)c3ccc(C)cc3)CC2)nc2cc(OC)c(OC)cc12. The zero-order valence-corrected chi connectivity index (χ0v) is 18.3. The van der Waals surface area contributed by atoms with Gasteiger partial charge in [-0.2, -0.15) is 4.98 Å². The number of methoxy groups -OCH3 is 2. The summed E-state index contributed by atoms with van der Waals surface area (Å²) in [7, 11) is 5.05. The van der Waals surface area contributed by atoms with Crippen molar-refractivity contribution in [3.63, 3.8) is 0 Å². The standard InChI is InChI=1S/C23H27N5O3/c1-15-5-7-16(8-6-15)22(29)27-9-11-28(12-10-27)23-25-18-14-20(31-4)19(30-3)13-17(18)21(24-2)26-23/h5-8,13-14H,9-12H2,1-4H3,(H,24,25,26). The molecule has 0 aliphatic carbocycles. The molecule has 2 aromatic carbocycles. The van der Waals surface area contributed by atoms with Gasteiger partial charge in [-0.1, -0.05) is 17.7 Å². The van der Waals surface area contributed by atoms with E-state index in [9.17, 15) is 4.79 Å². The Balaban J connectivity index is 1.55. The van der Waals surface area contributed by atoms with Crippen LogP contribution in [0, 0.1) is 6.92 Å². The lowest BCUT2D eigenvalue weighted by Gasteiger charge is -2.35. The molecule has 1 N–H and O–H groups in total. The molecule has 1 aliphatic rings. The van der Waals surface area contributed by atoms with Gasteiger partial charge in [0, 0.05) is 50.2 Å². The van der Waals surface area contributed by atoms with Crippen LogP contribution in [0.25, 0.3) is 10.9 Å². The summed E-state index contributed by atoms with van der Waals surface area (Å²) < 4.78 is 10.8. The normalized spacial score (nSPS) is 13.9. The van der Waals surface area contributed by atoms with E-state index < -0.39 is 0 Å². The Labute approximate surface area is 181 Å². The number of aryl methyl sites for hydroxylation is 1. The van der Waals surface area contributed by atoms with Crippen LogP contribution in [0.15, 0.2) is 36.4 Å². The minimum absolute atomic E-state index is 0.0619. The number of amides is 1. The highest BCUT2D eigenvalue weighted by Crippen LogP contribution is 2.35. The molecule has 1 aliphatic heterocycles. The van der Waals surface area contributed by atoms with Gasteiger partial charge in [-0.15, -0.1) is 0 Å². The fourth-order valence-corrected chi connectivity index (χ4v) is 3.76. The van der Waals surface area contributed by atoms with Crippen molar-refractivity contribution in [2.75, 3.05) is 57.7 Å². The van der Waals surface area contributed by atoms with Crippen LogP contribution in [-0.2, 0) is 0 Å². The summed E-state index contributed by atoms with van der Waals surface area (Å²) >= 11 is 0. The van der Waals surface area contributed by atoms with Gasteiger partial charge in [0.15, 0.2) is 11.5 Å². The predicted molar refractivity (Wildman–Crippen MR) is 121 cm³/mol. The Bertz CT molecular complexity index is 1090. The molecule has 31 heavy (non-hydrogen) atoms. The number of hydrogen-bond donors (Lipinski definition) is 1. The number of rotatable bonds is 5. The van der Waals surface area contributed by atoms with Gasteiger partial charge in [0.1, 0.15) is 5.82 Å². The van der Waals surface area contributed by atoms with Crippen molar-refractivity contribution in [2.24, 2.45) is 0 Å². The van der Waals surface area contributed by atoms with Crippen molar-refractivity contribution in [1.82, 2.24) is 14.9 Å². The summed E-state index contributed by atoms with van der Waals surface area (Å²) in [6.45, 7) is 4.59. The van der Waals surface area contributed by atoms with E-state index in [1.54, 1.807) is 14.2 Å². The number of benzene rings is 2. The van der Waals surface area contributed by atoms with E-state index in [2.05, 4.69) is 10.2 Å². The molecule has 1 saturated heterocycles. The summed E-state index contributed by atoms with van der Waals surface area (Å²) in [6.07, 6.45) is 0. The number of carbonyl (C=O) groups is 1.